The van der Waals surface area contributed by atoms with Gasteiger partial charge in [-0.05, 0) is 44.0 Å². The minimum atomic E-state index is -0.772. The van der Waals surface area contributed by atoms with Crippen LogP contribution in [-0.2, 0) is 4.74 Å². The van der Waals surface area contributed by atoms with Gasteiger partial charge < -0.3 is 10.1 Å². The van der Waals surface area contributed by atoms with Crippen LogP contribution in [0.25, 0.3) is 0 Å². The van der Waals surface area contributed by atoms with Gasteiger partial charge in [-0.3, -0.25) is 0 Å². The summed E-state index contributed by atoms with van der Waals surface area (Å²) < 4.78 is 33.6. The van der Waals surface area contributed by atoms with E-state index in [1.807, 2.05) is 18.8 Å². The van der Waals surface area contributed by atoms with E-state index in [1.54, 1.807) is 12.1 Å². The van der Waals surface area contributed by atoms with E-state index in [-0.39, 0.29) is 17.6 Å². The Bertz CT molecular complexity index is 505. The molecule has 2 fully saturated rings. The molecule has 0 radical (unpaired) electrons. The average Bonchev–Trinajstić information content (AvgIpc) is 2.92. The fourth-order valence-corrected chi connectivity index (χ4v) is 5.00. The highest BCUT2D eigenvalue weighted by Crippen LogP contribution is 2.44. The third-order valence-electron chi connectivity index (χ3n) is 4.70. The second-order valence-corrected chi connectivity index (χ2v) is 7.10. The molecule has 0 aromatic heterocycles. The average molecular weight is 313 g/mol. The number of hydrogen-bond donors (Lipinski definition) is 1. The number of benzene rings is 1. The zero-order valence-corrected chi connectivity index (χ0v) is 13.0. The van der Waals surface area contributed by atoms with Gasteiger partial charge >= 0.3 is 0 Å². The summed E-state index contributed by atoms with van der Waals surface area (Å²) in [7, 11) is 1.82. The maximum atomic E-state index is 14.1. The molecular formula is C16H21F2NOS. The fraction of sp³-hybridized carbons (Fsp3) is 0.625. The topological polar surface area (TPSA) is 21.3 Å². The minimum absolute atomic E-state index is 0.0491. The van der Waals surface area contributed by atoms with Crippen LogP contribution >= 0.6 is 11.8 Å². The van der Waals surface area contributed by atoms with E-state index in [0.717, 1.165) is 30.8 Å². The van der Waals surface area contributed by atoms with Crippen LogP contribution in [0.5, 0.6) is 0 Å². The zero-order valence-electron chi connectivity index (χ0n) is 12.2. The molecule has 1 N–H and O–H groups in total. The van der Waals surface area contributed by atoms with Gasteiger partial charge in [0.2, 0.25) is 0 Å². The Hall–Kier alpha value is -0.650. The number of rotatable bonds is 3. The molecule has 0 saturated carbocycles. The summed E-state index contributed by atoms with van der Waals surface area (Å²) in [5.74, 6) is 0.930. The smallest absolute Gasteiger partial charge is 0.163 e. The quantitative estimate of drug-likeness (QED) is 0.922. The molecule has 1 aromatic rings. The largest absolute Gasteiger partial charge is 0.374 e. The number of ether oxygens (including phenoxy) is 1. The van der Waals surface area contributed by atoms with Gasteiger partial charge in [-0.2, -0.15) is 11.8 Å². The van der Waals surface area contributed by atoms with E-state index >= 15 is 0 Å². The van der Waals surface area contributed by atoms with Gasteiger partial charge in [0.05, 0.1) is 5.60 Å². The number of hydrogen-bond acceptors (Lipinski definition) is 3. The van der Waals surface area contributed by atoms with E-state index in [9.17, 15) is 8.78 Å². The molecule has 3 rings (SSSR count). The predicted molar refractivity (Wildman–Crippen MR) is 81.5 cm³/mol. The Morgan fingerprint density at radius 3 is 3.00 bits per heavy atom. The van der Waals surface area contributed by atoms with Crippen molar-refractivity contribution in [2.24, 2.45) is 5.92 Å². The van der Waals surface area contributed by atoms with Crippen molar-refractivity contribution >= 4 is 11.8 Å². The molecule has 2 nitrogen and oxygen atoms in total. The van der Waals surface area contributed by atoms with Gasteiger partial charge in [0.1, 0.15) is 0 Å². The number of thioether (sulfide) groups is 1. The van der Waals surface area contributed by atoms with Gasteiger partial charge in [-0.25, -0.2) is 8.78 Å². The van der Waals surface area contributed by atoms with Crippen molar-refractivity contribution < 1.29 is 13.5 Å². The summed E-state index contributed by atoms with van der Waals surface area (Å²) in [5, 5.41) is 3.19. The minimum Gasteiger partial charge on any atom is -0.374 e. The molecule has 0 amide bonds. The third kappa shape index (κ3) is 2.96. The first-order chi connectivity index (χ1) is 10.2. The Balaban J connectivity index is 1.84. The Kier molecular flexibility index (Phi) is 4.52. The monoisotopic (exact) mass is 313 g/mol. The lowest BCUT2D eigenvalue weighted by atomic mass is 9.79. The molecule has 5 heteroatoms. The van der Waals surface area contributed by atoms with Crippen molar-refractivity contribution in [2.75, 3.05) is 25.2 Å². The SMILES string of the molecule is CNC(c1cccc(F)c1F)C1CCOC2(CCSC2)C1. The van der Waals surface area contributed by atoms with E-state index in [0.29, 0.717) is 12.2 Å². The van der Waals surface area contributed by atoms with Gasteiger partial charge in [0, 0.05) is 24.0 Å². The number of nitrogens with one attached hydrogen (secondary N) is 1. The van der Waals surface area contributed by atoms with Crippen molar-refractivity contribution in [3.8, 4) is 0 Å². The molecule has 1 spiro atoms. The Morgan fingerprint density at radius 1 is 1.43 bits per heavy atom. The normalized spacial score (nSPS) is 30.7. The molecule has 21 heavy (non-hydrogen) atoms. The van der Waals surface area contributed by atoms with E-state index in [2.05, 4.69) is 5.32 Å². The van der Waals surface area contributed by atoms with Crippen LogP contribution in [0, 0.1) is 17.6 Å². The summed E-state index contributed by atoms with van der Waals surface area (Å²) in [4.78, 5) is 0. The standard InChI is InChI=1S/C16H21F2NOS/c1-19-15(12-3-2-4-13(17)14(12)18)11-5-7-20-16(9-11)6-8-21-10-16/h2-4,11,15,19H,5-10H2,1H3. The van der Waals surface area contributed by atoms with Crippen molar-refractivity contribution in [2.45, 2.75) is 30.9 Å². The summed E-state index contributed by atoms with van der Waals surface area (Å²) in [6, 6.07) is 4.28. The van der Waals surface area contributed by atoms with Crippen molar-refractivity contribution in [1.82, 2.24) is 5.32 Å². The molecule has 116 valence electrons. The van der Waals surface area contributed by atoms with Gasteiger partial charge in [-0.15, -0.1) is 0 Å². The lowest BCUT2D eigenvalue weighted by molar-refractivity contribution is -0.0852. The molecule has 3 atom stereocenters. The van der Waals surface area contributed by atoms with Crippen molar-refractivity contribution in [1.29, 1.82) is 0 Å². The molecule has 1 aromatic carbocycles. The number of halogens is 2. The van der Waals surface area contributed by atoms with Gasteiger partial charge in [0.25, 0.3) is 0 Å². The second-order valence-electron chi connectivity index (χ2n) is 6.00. The van der Waals surface area contributed by atoms with Gasteiger partial charge in [0.15, 0.2) is 11.6 Å². The van der Waals surface area contributed by atoms with Crippen LogP contribution in [0.3, 0.4) is 0 Å². The second kappa shape index (κ2) is 6.23. The summed E-state index contributed by atoms with van der Waals surface area (Å²) in [6.07, 6.45) is 2.87. The molecule has 2 aliphatic heterocycles. The third-order valence-corrected chi connectivity index (χ3v) is 5.92. The van der Waals surface area contributed by atoms with E-state index in [4.69, 9.17) is 4.74 Å². The fourth-order valence-electron chi connectivity index (χ4n) is 3.62. The highest BCUT2D eigenvalue weighted by Gasteiger charge is 2.42. The Morgan fingerprint density at radius 2 is 2.29 bits per heavy atom. The first kappa shape index (κ1) is 15.3. The van der Waals surface area contributed by atoms with Crippen molar-refractivity contribution in [3.63, 3.8) is 0 Å². The molecule has 2 aliphatic rings. The summed E-state index contributed by atoms with van der Waals surface area (Å²) in [6.45, 7) is 0.709. The van der Waals surface area contributed by atoms with E-state index < -0.39 is 11.6 Å². The van der Waals surface area contributed by atoms with Crippen LogP contribution in [0.4, 0.5) is 8.78 Å². The van der Waals surface area contributed by atoms with Crippen LogP contribution in [-0.4, -0.2) is 30.8 Å². The first-order valence-corrected chi connectivity index (χ1v) is 8.63. The van der Waals surface area contributed by atoms with Crippen LogP contribution < -0.4 is 5.32 Å². The highest BCUT2D eigenvalue weighted by molar-refractivity contribution is 7.99. The maximum absolute atomic E-state index is 14.1. The zero-order chi connectivity index (χ0) is 14.9. The molecule has 3 unspecified atom stereocenters. The summed E-state index contributed by atoms with van der Waals surface area (Å²) >= 11 is 1.92. The summed E-state index contributed by atoms with van der Waals surface area (Å²) in [5.41, 5.74) is 0.386. The Labute approximate surface area is 128 Å². The maximum Gasteiger partial charge on any atom is 0.163 e. The molecule has 2 saturated heterocycles. The van der Waals surface area contributed by atoms with Crippen molar-refractivity contribution in [3.05, 3.63) is 35.4 Å². The van der Waals surface area contributed by atoms with Gasteiger partial charge in [-0.1, -0.05) is 12.1 Å². The van der Waals surface area contributed by atoms with Crippen LogP contribution in [0.15, 0.2) is 18.2 Å². The lowest BCUT2D eigenvalue weighted by Crippen LogP contribution is -2.43. The molecular weight excluding hydrogens is 292 g/mol. The van der Waals surface area contributed by atoms with Crippen LogP contribution in [0.1, 0.15) is 30.9 Å². The molecule has 2 heterocycles. The predicted octanol–water partition coefficient (Wildman–Crippen LogP) is 3.53. The highest BCUT2D eigenvalue weighted by atomic mass is 32.2. The molecule has 0 bridgehead atoms. The molecule has 0 aliphatic carbocycles. The van der Waals surface area contributed by atoms with E-state index in [1.165, 1.54) is 6.07 Å². The lowest BCUT2D eigenvalue weighted by Gasteiger charge is -2.41. The first-order valence-electron chi connectivity index (χ1n) is 7.48. The van der Waals surface area contributed by atoms with Crippen LogP contribution in [0.2, 0.25) is 0 Å².